The predicted molar refractivity (Wildman–Crippen MR) is 71.7 cm³/mol. The second-order valence-corrected chi connectivity index (χ2v) is 4.27. The highest BCUT2D eigenvalue weighted by atomic mass is 19.1. The van der Waals surface area contributed by atoms with Crippen molar-refractivity contribution in [2.75, 3.05) is 0 Å². The van der Waals surface area contributed by atoms with E-state index in [-0.39, 0.29) is 5.56 Å². The number of hydrogen-bond acceptors (Lipinski definition) is 3. The number of esters is 1. The molecule has 1 atom stereocenters. The minimum Gasteiger partial charge on any atom is -0.452 e. The predicted octanol–water partition coefficient (Wildman–Crippen LogP) is 3.31. The molecular formula is C16H13FO3. The van der Waals surface area contributed by atoms with Crippen molar-refractivity contribution in [2.24, 2.45) is 0 Å². The highest BCUT2D eigenvalue weighted by Gasteiger charge is 2.23. The highest BCUT2D eigenvalue weighted by molar-refractivity contribution is 6.40. The van der Waals surface area contributed by atoms with Crippen molar-refractivity contribution in [1.82, 2.24) is 0 Å². The smallest absolute Gasteiger partial charge is 0.380 e. The molecule has 0 aliphatic rings. The maximum atomic E-state index is 13.4. The van der Waals surface area contributed by atoms with Gasteiger partial charge < -0.3 is 4.74 Å². The summed E-state index contributed by atoms with van der Waals surface area (Å²) in [5, 5.41) is 0. The molecule has 102 valence electrons. The third-order valence-corrected chi connectivity index (χ3v) is 2.86. The van der Waals surface area contributed by atoms with Crippen molar-refractivity contribution in [3.63, 3.8) is 0 Å². The van der Waals surface area contributed by atoms with Gasteiger partial charge in [-0.2, -0.15) is 0 Å². The molecule has 1 unspecified atom stereocenters. The van der Waals surface area contributed by atoms with Crippen LogP contribution in [0.3, 0.4) is 0 Å². The van der Waals surface area contributed by atoms with E-state index >= 15 is 0 Å². The summed E-state index contributed by atoms with van der Waals surface area (Å²) < 4.78 is 18.5. The first kappa shape index (κ1) is 13.9. The van der Waals surface area contributed by atoms with Crippen molar-refractivity contribution >= 4 is 11.8 Å². The lowest BCUT2D eigenvalue weighted by molar-refractivity contribution is -0.142. The highest BCUT2D eigenvalue weighted by Crippen LogP contribution is 2.17. The first-order valence-electron chi connectivity index (χ1n) is 6.14. The molecule has 0 spiro atoms. The monoisotopic (exact) mass is 272 g/mol. The van der Waals surface area contributed by atoms with Crippen LogP contribution in [-0.2, 0) is 9.53 Å². The Morgan fingerprint density at radius 2 is 1.60 bits per heavy atom. The number of benzene rings is 2. The van der Waals surface area contributed by atoms with Gasteiger partial charge >= 0.3 is 5.97 Å². The van der Waals surface area contributed by atoms with Gasteiger partial charge in [0.05, 0.1) is 5.56 Å². The zero-order valence-electron chi connectivity index (χ0n) is 10.9. The molecule has 0 saturated heterocycles. The SMILES string of the molecule is CC(OC(=O)C(=O)c1ccccc1F)c1ccccc1. The summed E-state index contributed by atoms with van der Waals surface area (Å²) in [6.07, 6.45) is -0.570. The third kappa shape index (κ3) is 3.09. The molecule has 2 rings (SSSR count). The van der Waals surface area contributed by atoms with Crippen LogP contribution in [0.25, 0.3) is 0 Å². The molecule has 0 bridgehead atoms. The van der Waals surface area contributed by atoms with Crippen molar-refractivity contribution in [3.8, 4) is 0 Å². The summed E-state index contributed by atoms with van der Waals surface area (Å²) in [4.78, 5) is 23.6. The molecule has 0 saturated carbocycles. The fourth-order valence-corrected chi connectivity index (χ4v) is 1.76. The molecule has 20 heavy (non-hydrogen) atoms. The maximum Gasteiger partial charge on any atom is 0.380 e. The van der Waals surface area contributed by atoms with Gasteiger partial charge in [-0.25, -0.2) is 9.18 Å². The molecule has 0 fully saturated rings. The average Bonchev–Trinajstić information content (AvgIpc) is 2.48. The zero-order valence-corrected chi connectivity index (χ0v) is 10.9. The zero-order chi connectivity index (χ0) is 14.5. The Morgan fingerprint density at radius 1 is 1.00 bits per heavy atom. The summed E-state index contributed by atoms with van der Waals surface area (Å²) >= 11 is 0. The Hall–Kier alpha value is -2.49. The van der Waals surface area contributed by atoms with E-state index in [1.54, 1.807) is 31.2 Å². The molecular weight excluding hydrogens is 259 g/mol. The number of ether oxygens (including phenoxy) is 1. The van der Waals surface area contributed by atoms with Crippen molar-refractivity contribution in [3.05, 3.63) is 71.5 Å². The largest absolute Gasteiger partial charge is 0.452 e. The molecule has 4 heteroatoms. The first-order chi connectivity index (χ1) is 9.59. The van der Waals surface area contributed by atoms with Crippen LogP contribution in [0.4, 0.5) is 4.39 Å². The van der Waals surface area contributed by atoms with Crippen molar-refractivity contribution in [1.29, 1.82) is 0 Å². The van der Waals surface area contributed by atoms with Crippen molar-refractivity contribution < 1.29 is 18.7 Å². The van der Waals surface area contributed by atoms with Crippen LogP contribution >= 0.6 is 0 Å². The van der Waals surface area contributed by atoms with Crippen molar-refractivity contribution in [2.45, 2.75) is 13.0 Å². The van der Waals surface area contributed by atoms with Gasteiger partial charge in [0.25, 0.3) is 5.78 Å². The van der Waals surface area contributed by atoms with E-state index < -0.39 is 23.7 Å². The minimum absolute atomic E-state index is 0.280. The van der Waals surface area contributed by atoms with Crippen LogP contribution in [0.1, 0.15) is 28.9 Å². The molecule has 0 N–H and O–H groups in total. The standard InChI is InChI=1S/C16H13FO3/c1-11(12-7-3-2-4-8-12)20-16(19)15(18)13-9-5-6-10-14(13)17/h2-11H,1H3. The van der Waals surface area contributed by atoms with Gasteiger partial charge in [0.15, 0.2) is 0 Å². The Bertz CT molecular complexity index is 623. The van der Waals surface area contributed by atoms with Gasteiger partial charge in [0, 0.05) is 0 Å². The Balaban J connectivity index is 2.09. The van der Waals surface area contributed by atoms with Gasteiger partial charge in [-0.1, -0.05) is 42.5 Å². The van der Waals surface area contributed by atoms with Crippen LogP contribution < -0.4 is 0 Å². The molecule has 3 nitrogen and oxygen atoms in total. The Morgan fingerprint density at radius 3 is 2.25 bits per heavy atom. The lowest BCUT2D eigenvalue weighted by atomic mass is 10.1. The lowest BCUT2D eigenvalue weighted by Gasteiger charge is -2.12. The van der Waals surface area contributed by atoms with Crippen LogP contribution in [0.15, 0.2) is 54.6 Å². The summed E-state index contributed by atoms with van der Waals surface area (Å²) in [5.74, 6) is -2.78. The Kier molecular flexibility index (Phi) is 4.25. The third-order valence-electron chi connectivity index (χ3n) is 2.86. The number of halogens is 1. The van der Waals surface area contributed by atoms with Gasteiger partial charge in [0.1, 0.15) is 11.9 Å². The van der Waals surface area contributed by atoms with Gasteiger partial charge in [-0.05, 0) is 24.6 Å². The molecule has 0 amide bonds. The quantitative estimate of drug-likeness (QED) is 0.487. The number of ketones is 1. The van der Waals surface area contributed by atoms with Gasteiger partial charge in [-0.3, -0.25) is 4.79 Å². The average molecular weight is 272 g/mol. The topological polar surface area (TPSA) is 43.4 Å². The fraction of sp³-hybridized carbons (Fsp3) is 0.125. The maximum absolute atomic E-state index is 13.4. The minimum atomic E-state index is -1.06. The summed E-state index contributed by atoms with van der Waals surface area (Å²) in [6.45, 7) is 1.65. The molecule has 0 aliphatic heterocycles. The van der Waals surface area contributed by atoms with Crippen LogP contribution in [0.2, 0.25) is 0 Å². The van der Waals surface area contributed by atoms with E-state index in [1.165, 1.54) is 18.2 Å². The van der Waals surface area contributed by atoms with Crippen LogP contribution in [-0.4, -0.2) is 11.8 Å². The van der Waals surface area contributed by atoms with Gasteiger partial charge in [-0.15, -0.1) is 0 Å². The van der Waals surface area contributed by atoms with Crippen LogP contribution in [0, 0.1) is 5.82 Å². The first-order valence-corrected chi connectivity index (χ1v) is 6.14. The normalized spacial score (nSPS) is 11.7. The molecule has 0 aromatic heterocycles. The molecule has 0 aliphatic carbocycles. The fourth-order valence-electron chi connectivity index (χ4n) is 1.76. The Labute approximate surface area is 116 Å². The van der Waals surface area contributed by atoms with E-state index in [0.29, 0.717) is 0 Å². The summed E-state index contributed by atoms with van der Waals surface area (Å²) in [5.41, 5.74) is 0.486. The van der Waals surface area contributed by atoms with E-state index in [1.807, 2.05) is 6.07 Å². The van der Waals surface area contributed by atoms with E-state index in [2.05, 4.69) is 0 Å². The number of carbonyl (C=O) groups excluding carboxylic acids is 2. The van der Waals surface area contributed by atoms with E-state index in [4.69, 9.17) is 4.74 Å². The van der Waals surface area contributed by atoms with E-state index in [0.717, 1.165) is 11.6 Å². The van der Waals surface area contributed by atoms with E-state index in [9.17, 15) is 14.0 Å². The summed E-state index contributed by atoms with van der Waals surface area (Å²) in [7, 11) is 0. The number of Topliss-reactive ketones (excluding diaryl/α,β-unsaturated/α-hetero) is 1. The van der Waals surface area contributed by atoms with Gasteiger partial charge in [0.2, 0.25) is 0 Å². The molecule has 0 heterocycles. The molecule has 2 aromatic carbocycles. The molecule has 2 aromatic rings. The molecule has 0 radical (unpaired) electrons. The second kappa shape index (κ2) is 6.10. The van der Waals surface area contributed by atoms with Crippen LogP contribution in [0.5, 0.6) is 0 Å². The lowest BCUT2D eigenvalue weighted by Crippen LogP contribution is -2.20. The summed E-state index contributed by atoms with van der Waals surface area (Å²) in [6, 6.07) is 14.3. The number of rotatable bonds is 4. The number of carbonyl (C=O) groups is 2. The second-order valence-electron chi connectivity index (χ2n) is 4.27. The number of hydrogen-bond donors (Lipinski definition) is 0.